The fourth-order valence-corrected chi connectivity index (χ4v) is 4.74. The van der Waals surface area contributed by atoms with Gasteiger partial charge in [-0.2, -0.15) is 5.10 Å². The van der Waals surface area contributed by atoms with Gasteiger partial charge in [-0.3, -0.25) is 4.79 Å². The van der Waals surface area contributed by atoms with Crippen LogP contribution in [-0.2, 0) is 12.8 Å². The van der Waals surface area contributed by atoms with Crippen LogP contribution in [0.5, 0.6) is 0 Å². The molecular formula is C24H24ClFN4O. The number of hydrogen-bond donors (Lipinski definition) is 0. The minimum atomic E-state index is -0.279. The zero-order valence-electron chi connectivity index (χ0n) is 17.2. The summed E-state index contributed by atoms with van der Waals surface area (Å²) in [6.07, 6.45) is 3.88. The minimum Gasteiger partial charge on any atom is -0.368 e. The maximum atomic E-state index is 13.4. The van der Waals surface area contributed by atoms with Gasteiger partial charge in [-0.05, 0) is 68.1 Å². The summed E-state index contributed by atoms with van der Waals surface area (Å²) in [5, 5.41) is 5.44. The Bertz CT molecular complexity index is 1100. The number of benzene rings is 2. The van der Waals surface area contributed by atoms with E-state index in [1.807, 2.05) is 33.8 Å². The topological polar surface area (TPSA) is 41.4 Å². The van der Waals surface area contributed by atoms with Crippen molar-refractivity contribution in [1.29, 1.82) is 0 Å². The van der Waals surface area contributed by atoms with Crippen molar-refractivity contribution in [3.63, 3.8) is 0 Å². The maximum Gasteiger partial charge on any atom is 0.274 e. The molecule has 0 radical (unpaired) electrons. The fourth-order valence-electron chi connectivity index (χ4n) is 4.56. The largest absolute Gasteiger partial charge is 0.368 e. The van der Waals surface area contributed by atoms with Gasteiger partial charge in [0.05, 0.1) is 5.69 Å². The summed E-state index contributed by atoms with van der Waals surface area (Å²) in [6.45, 7) is 2.80. The highest BCUT2D eigenvalue weighted by atomic mass is 35.5. The maximum absolute atomic E-state index is 13.4. The molecule has 1 amide bonds. The van der Waals surface area contributed by atoms with Crippen LogP contribution in [-0.4, -0.2) is 46.8 Å². The molecule has 0 unspecified atom stereocenters. The number of nitrogens with zero attached hydrogens (tertiary/aromatic N) is 4. The number of hydrogen-bond acceptors (Lipinski definition) is 3. The third-order valence-corrected chi connectivity index (χ3v) is 6.43. The van der Waals surface area contributed by atoms with Crippen molar-refractivity contribution in [2.75, 3.05) is 31.1 Å². The molecule has 0 spiro atoms. The molecule has 3 aromatic rings. The number of anilines is 1. The van der Waals surface area contributed by atoms with Gasteiger partial charge < -0.3 is 9.80 Å². The third kappa shape index (κ3) is 3.92. The minimum absolute atomic E-state index is 0.00949. The molecule has 0 atom stereocenters. The summed E-state index contributed by atoms with van der Waals surface area (Å²) >= 11 is 6.13. The molecule has 2 heterocycles. The van der Waals surface area contributed by atoms with E-state index in [1.165, 1.54) is 12.1 Å². The molecule has 31 heavy (non-hydrogen) atoms. The Kier molecular flexibility index (Phi) is 5.40. The second-order valence-electron chi connectivity index (χ2n) is 8.13. The average molecular weight is 439 g/mol. The van der Waals surface area contributed by atoms with Gasteiger partial charge in [-0.15, -0.1) is 0 Å². The van der Waals surface area contributed by atoms with Gasteiger partial charge in [-0.25, -0.2) is 9.07 Å². The molecule has 0 bridgehead atoms. The molecule has 160 valence electrons. The fraction of sp³-hybridized carbons (Fsp3) is 0.333. The highest BCUT2D eigenvalue weighted by Gasteiger charge is 2.30. The van der Waals surface area contributed by atoms with Crippen molar-refractivity contribution in [3.05, 3.63) is 76.3 Å². The summed E-state index contributed by atoms with van der Waals surface area (Å²) in [6, 6.07) is 14.1. The first kappa shape index (κ1) is 20.1. The van der Waals surface area contributed by atoms with E-state index in [0.717, 1.165) is 61.4 Å². The van der Waals surface area contributed by atoms with Crippen molar-refractivity contribution in [2.45, 2.75) is 25.7 Å². The van der Waals surface area contributed by atoms with Gasteiger partial charge in [0.2, 0.25) is 0 Å². The standard InChI is InChI=1S/C24H24ClFN4O/c25-17-4-3-5-20(16-17)28-12-14-29(15-13-28)24(31)23-21-6-1-2-7-22(21)30(27-23)19-10-8-18(26)9-11-19/h3-5,8-11,16H,1-2,6-7,12-15H2. The van der Waals surface area contributed by atoms with E-state index in [9.17, 15) is 9.18 Å². The van der Waals surface area contributed by atoms with Gasteiger partial charge in [0, 0.05) is 48.1 Å². The van der Waals surface area contributed by atoms with Crippen LogP contribution in [0.2, 0.25) is 5.02 Å². The number of carbonyl (C=O) groups is 1. The first-order chi connectivity index (χ1) is 15.1. The Hall–Kier alpha value is -2.86. The van der Waals surface area contributed by atoms with E-state index in [0.29, 0.717) is 23.8 Å². The summed E-state index contributed by atoms with van der Waals surface area (Å²) < 4.78 is 15.2. The number of piperazine rings is 1. The van der Waals surface area contributed by atoms with Gasteiger partial charge in [-0.1, -0.05) is 17.7 Å². The molecule has 7 heteroatoms. The van der Waals surface area contributed by atoms with E-state index in [1.54, 1.807) is 12.1 Å². The van der Waals surface area contributed by atoms with Crippen LogP contribution in [0.4, 0.5) is 10.1 Å². The van der Waals surface area contributed by atoms with Crippen LogP contribution in [0.1, 0.15) is 34.6 Å². The predicted octanol–water partition coefficient (Wildman–Crippen LogP) is 4.51. The van der Waals surface area contributed by atoms with Crippen LogP contribution >= 0.6 is 11.6 Å². The molecule has 5 nitrogen and oxygen atoms in total. The Balaban J connectivity index is 1.38. The predicted molar refractivity (Wildman–Crippen MR) is 120 cm³/mol. The summed E-state index contributed by atoms with van der Waals surface area (Å²) in [5.41, 5.74) is 4.56. The summed E-state index contributed by atoms with van der Waals surface area (Å²) in [7, 11) is 0. The van der Waals surface area contributed by atoms with E-state index in [2.05, 4.69) is 4.90 Å². The molecule has 1 aliphatic carbocycles. The lowest BCUT2D eigenvalue weighted by Gasteiger charge is -2.36. The van der Waals surface area contributed by atoms with Crippen molar-refractivity contribution in [1.82, 2.24) is 14.7 Å². The molecule has 2 aliphatic rings. The molecule has 1 aromatic heterocycles. The van der Waals surface area contributed by atoms with Crippen LogP contribution in [0, 0.1) is 5.82 Å². The number of fused-ring (bicyclic) bond motifs is 1. The molecule has 0 saturated carbocycles. The van der Waals surface area contributed by atoms with Crippen LogP contribution in [0.25, 0.3) is 5.69 Å². The highest BCUT2D eigenvalue weighted by molar-refractivity contribution is 6.30. The van der Waals surface area contributed by atoms with Crippen molar-refractivity contribution < 1.29 is 9.18 Å². The first-order valence-corrected chi connectivity index (χ1v) is 11.1. The quantitative estimate of drug-likeness (QED) is 0.604. The second kappa shape index (κ2) is 8.35. The Morgan fingerprint density at radius 2 is 1.68 bits per heavy atom. The molecule has 2 aromatic carbocycles. The van der Waals surface area contributed by atoms with Crippen molar-refractivity contribution >= 4 is 23.2 Å². The van der Waals surface area contributed by atoms with E-state index in [-0.39, 0.29) is 11.7 Å². The zero-order valence-corrected chi connectivity index (χ0v) is 18.0. The number of halogens is 2. The molecule has 5 rings (SSSR count). The van der Waals surface area contributed by atoms with Gasteiger partial charge >= 0.3 is 0 Å². The summed E-state index contributed by atoms with van der Waals surface area (Å²) in [5.74, 6) is -0.289. The molecule has 0 N–H and O–H groups in total. The van der Waals surface area contributed by atoms with Crippen LogP contribution < -0.4 is 4.90 Å². The van der Waals surface area contributed by atoms with Gasteiger partial charge in [0.1, 0.15) is 5.82 Å². The Morgan fingerprint density at radius 3 is 2.42 bits per heavy atom. The lowest BCUT2D eigenvalue weighted by atomic mass is 9.95. The van der Waals surface area contributed by atoms with E-state index >= 15 is 0 Å². The third-order valence-electron chi connectivity index (χ3n) is 6.19. The highest BCUT2D eigenvalue weighted by Crippen LogP contribution is 2.28. The smallest absolute Gasteiger partial charge is 0.274 e. The van der Waals surface area contributed by atoms with E-state index < -0.39 is 0 Å². The number of carbonyl (C=O) groups excluding carboxylic acids is 1. The van der Waals surface area contributed by atoms with Gasteiger partial charge in [0.15, 0.2) is 5.69 Å². The molecule has 1 aliphatic heterocycles. The van der Waals surface area contributed by atoms with Crippen LogP contribution in [0.3, 0.4) is 0 Å². The van der Waals surface area contributed by atoms with Crippen molar-refractivity contribution in [3.8, 4) is 5.69 Å². The lowest BCUT2D eigenvalue weighted by Crippen LogP contribution is -2.49. The second-order valence-corrected chi connectivity index (χ2v) is 8.56. The number of amides is 1. The van der Waals surface area contributed by atoms with Gasteiger partial charge in [0.25, 0.3) is 5.91 Å². The van der Waals surface area contributed by atoms with Crippen LogP contribution in [0.15, 0.2) is 48.5 Å². The Morgan fingerprint density at radius 1 is 0.935 bits per heavy atom. The lowest BCUT2D eigenvalue weighted by molar-refractivity contribution is 0.0739. The molecule has 1 saturated heterocycles. The SMILES string of the molecule is O=C(c1nn(-c2ccc(F)cc2)c2c1CCCC2)N1CCN(c2cccc(Cl)c2)CC1. The first-order valence-electron chi connectivity index (χ1n) is 10.8. The molecular weight excluding hydrogens is 415 g/mol. The Labute approximate surface area is 186 Å². The van der Waals surface area contributed by atoms with Crippen molar-refractivity contribution in [2.24, 2.45) is 0 Å². The number of rotatable bonds is 3. The average Bonchev–Trinajstić information content (AvgIpc) is 3.19. The zero-order chi connectivity index (χ0) is 21.4. The normalized spacial score (nSPS) is 16.3. The summed E-state index contributed by atoms with van der Waals surface area (Å²) in [4.78, 5) is 17.6. The monoisotopic (exact) mass is 438 g/mol. The molecule has 1 fully saturated rings. The van der Waals surface area contributed by atoms with E-state index in [4.69, 9.17) is 16.7 Å². The number of aromatic nitrogens is 2.